The minimum Gasteiger partial charge on any atom is -0.456 e. The molecule has 3 rings (SSSR count). The average Bonchev–Trinajstić information content (AvgIpc) is 2.69. The Morgan fingerprint density at radius 2 is 2.00 bits per heavy atom. The first-order valence-electron chi connectivity index (χ1n) is 9.11. The molecule has 1 aromatic heterocycles. The van der Waals surface area contributed by atoms with Gasteiger partial charge in [-0.2, -0.15) is 0 Å². The predicted molar refractivity (Wildman–Crippen MR) is 119 cm³/mol. The van der Waals surface area contributed by atoms with Crippen LogP contribution in [0.1, 0.15) is 17.5 Å². The number of ether oxygens (including phenoxy) is 1. The first-order valence-corrected chi connectivity index (χ1v) is 10.3. The van der Waals surface area contributed by atoms with E-state index < -0.39 is 18.5 Å². The number of aryl methyl sites for hydroxylation is 3. The number of halogens is 2. The maximum atomic E-state index is 12.5. The second kappa shape index (κ2) is 9.40. The topological polar surface area (TPSA) is 90.3 Å². The number of rotatable bonds is 6. The Labute approximate surface area is 186 Å². The van der Waals surface area contributed by atoms with Gasteiger partial charge in [0.1, 0.15) is 0 Å². The SMILES string of the molecule is Cc1cc(C)c(NC(=O)COC(=O)CCn2cnc3ccc(Br)cc3c2=O)c(Cl)c1. The summed E-state index contributed by atoms with van der Waals surface area (Å²) in [5.74, 6) is -1.09. The monoisotopic (exact) mass is 491 g/mol. The maximum Gasteiger partial charge on any atom is 0.308 e. The van der Waals surface area contributed by atoms with E-state index in [1.165, 1.54) is 10.9 Å². The van der Waals surface area contributed by atoms with Crippen molar-refractivity contribution in [3.05, 3.63) is 67.6 Å². The summed E-state index contributed by atoms with van der Waals surface area (Å²) in [5.41, 5.74) is 2.60. The van der Waals surface area contributed by atoms with Crippen molar-refractivity contribution >= 4 is 56.0 Å². The van der Waals surface area contributed by atoms with Crippen LogP contribution in [0.25, 0.3) is 10.9 Å². The van der Waals surface area contributed by atoms with Gasteiger partial charge in [-0.15, -0.1) is 0 Å². The molecule has 0 bridgehead atoms. The molecule has 0 saturated carbocycles. The van der Waals surface area contributed by atoms with Gasteiger partial charge in [-0.3, -0.25) is 19.0 Å². The molecule has 0 spiro atoms. The molecule has 2 aromatic carbocycles. The van der Waals surface area contributed by atoms with Crippen LogP contribution in [0.15, 0.2) is 45.9 Å². The number of nitrogens with zero attached hydrogens (tertiary/aromatic N) is 2. The summed E-state index contributed by atoms with van der Waals surface area (Å²) in [6, 6.07) is 8.85. The number of nitrogens with one attached hydrogen (secondary N) is 1. The Kier molecular flexibility index (Phi) is 6.89. The van der Waals surface area contributed by atoms with Crippen molar-refractivity contribution in [1.29, 1.82) is 0 Å². The zero-order valence-corrected chi connectivity index (χ0v) is 18.7. The molecule has 1 heterocycles. The highest BCUT2D eigenvalue weighted by atomic mass is 79.9. The van der Waals surface area contributed by atoms with Crippen molar-refractivity contribution in [3.63, 3.8) is 0 Å². The number of esters is 1. The van der Waals surface area contributed by atoms with Crippen LogP contribution in [0.5, 0.6) is 0 Å². The quantitative estimate of drug-likeness (QED) is 0.525. The number of anilines is 1. The molecule has 3 aromatic rings. The van der Waals surface area contributed by atoms with Crippen molar-refractivity contribution in [2.75, 3.05) is 11.9 Å². The van der Waals surface area contributed by atoms with Gasteiger partial charge in [0.25, 0.3) is 11.5 Å². The van der Waals surface area contributed by atoms with E-state index in [1.807, 2.05) is 19.9 Å². The van der Waals surface area contributed by atoms with Crippen LogP contribution < -0.4 is 10.9 Å². The first-order chi connectivity index (χ1) is 14.2. The summed E-state index contributed by atoms with van der Waals surface area (Å²) >= 11 is 9.49. The summed E-state index contributed by atoms with van der Waals surface area (Å²) < 4.78 is 7.11. The lowest BCUT2D eigenvalue weighted by Crippen LogP contribution is -2.24. The molecule has 0 aliphatic rings. The molecule has 30 heavy (non-hydrogen) atoms. The van der Waals surface area contributed by atoms with E-state index in [9.17, 15) is 14.4 Å². The molecule has 0 saturated heterocycles. The van der Waals surface area contributed by atoms with E-state index in [-0.39, 0.29) is 18.5 Å². The lowest BCUT2D eigenvalue weighted by molar-refractivity contribution is -0.147. The zero-order valence-electron chi connectivity index (χ0n) is 16.4. The minimum atomic E-state index is -0.599. The minimum absolute atomic E-state index is 0.0707. The number of carbonyl (C=O) groups is 2. The lowest BCUT2D eigenvalue weighted by atomic mass is 10.1. The van der Waals surface area contributed by atoms with Gasteiger partial charge in [0, 0.05) is 11.0 Å². The largest absolute Gasteiger partial charge is 0.456 e. The third-order valence-electron chi connectivity index (χ3n) is 4.40. The van der Waals surface area contributed by atoms with Crippen molar-refractivity contribution in [3.8, 4) is 0 Å². The number of benzene rings is 2. The molecule has 0 aliphatic carbocycles. The van der Waals surface area contributed by atoms with Gasteiger partial charge in [-0.05, 0) is 49.2 Å². The van der Waals surface area contributed by atoms with E-state index in [2.05, 4.69) is 26.2 Å². The summed E-state index contributed by atoms with van der Waals surface area (Å²) in [4.78, 5) is 40.8. The number of hydrogen-bond donors (Lipinski definition) is 1. The molecule has 0 fully saturated rings. The van der Waals surface area contributed by atoms with Crippen LogP contribution >= 0.6 is 27.5 Å². The van der Waals surface area contributed by atoms with Gasteiger partial charge in [0.2, 0.25) is 0 Å². The van der Waals surface area contributed by atoms with E-state index >= 15 is 0 Å². The van der Waals surface area contributed by atoms with E-state index in [4.69, 9.17) is 16.3 Å². The van der Waals surface area contributed by atoms with Crippen molar-refractivity contribution in [2.45, 2.75) is 26.8 Å². The lowest BCUT2D eigenvalue weighted by Gasteiger charge is -2.12. The van der Waals surface area contributed by atoms with Crippen LogP contribution in [-0.4, -0.2) is 28.0 Å². The molecule has 0 atom stereocenters. The van der Waals surface area contributed by atoms with E-state index in [0.717, 1.165) is 15.6 Å². The van der Waals surface area contributed by atoms with Crippen molar-refractivity contribution in [1.82, 2.24) is 9.55 Å². The van der Waals surface area contributed by atoms with Gasteiger partial charge in [0.05, 0.1) is 34.4 Å². The van der Waals surface area contributed by atoms with Crippen LogP contribution in [0.4, 0.5) is 5.69 Å². The number of carbonyl (C=O) groups excluding carboxylic acids is 2. The van der Waals surface area contributed by atoms with Crippen molar-refractivity contribution in [2.24, 2.45) is 0 Å². The third-order valence-corrected chi connectivity index (χ3v) is 5.19. The van der Waals surface area contributed by atoms with Gasteiger partial charge in [-0.1, -0.05) is 33.6 Å². The second-order valence-electron chi connectivity index (χ2n) is 6.80. The summed E-state index contributed by atoms with van der Waals surface area (Å²) in [6.45, 7) is 3.38. The molecule has 7 nitrogen and oxygen atoms in total. The third kappa shape index (κ3) is 5.25. The fourth-order valence-electron chi connectivity index (χ4n) is 2.97. The highest BCUT2D eigenvalue weighted by molar-refractivity contribution is 9.10. The molecule has 0 aliphatic heterocycles. The molecular formula is C21H19BrClN3O4. The number of hydrogen-bond acceptors (Lipinski definition) is 5. The van der Waals surface area contributed by atoms with Crippen molar-refractivity contribution < 1.29 is 14.3 Å². The zero-order chi connectivity index (χ0) is 21.8. The smallest absolute Gasteiger partial charge is 0.308 e. The number of fused-ring (bicyclic) bond motifs is 1. The Hall–Kier alpha value is -2.71. The number of amides is 1. The molecular weight excluding hydrogens is 474 g/mol. The standard InChI is InChI=1S/C21H19BrClN3O4/c1-12-7-13(2)20(16(23)8-12)25-18(27)10-30-19(28)5-6-26-11-24-17-4-3-14(22)9-15(17)21(26)29/h3-4,7-9,11H,5-6,10H2,1-2H3,(H,25,27). The maximum absolute atomic E-state index is 12.5. The van der Waals surface area contributed by atoms with E-state index in [1.54, 1.807) is 24.3 Å². The number of aromatic nitrogens is 2. The molecule has 9 heteroatoms. The highest BCUT2D eigenvalue weighted by Gasteiger charge is 2.13. The first kappa shape index (κ1) is 22.0. The molecule has 0 unspecified atom stereocenters. The molecule has 0 radical (unpaired) electrons. The Morgan fingerprint density at radius 1 is 1.23 bits per heavy atom. The molecule has 156 valence electrons. The fraction of sp³-hybridized carbons (Fsp3) is 0.238. The summed E-state index contributed by atoms with van der Waals surface area (Å²) in [7, 11) is 0. The average molecular weight is 493 g/mol. The summed E-state index contributed by atoms with van der Waals surface area (Å²) in [5, 5.41) is 3.52. The van der Waals surface area contributed by atoms with Crippen LogP contribution in [0.2, 0.25) is 5.02 Å². The van der Waals surface area contributed by atoms with Gasteiger partial charge in [0.15, 0.2) is 6.61 Å². The van der Waals surface area contributed by atoms with Gasteiger partial charge < -0.3 is 10.1 Å². The fourth-order valence-corrected chi connectivity index (χ4v) is 3.70. The second-order valence-corrected chi connectivity index (χ2v) is 8.12. The predicted octanol–water partition coefficient (Wildman–Crippen LogP) is 4.00. The summed E-state index contributed by atoms with van der Waals surface area (Å²) in [6.07, 6.45) is 1.32. The Bertz CT molecular complexity index is 1170. The van der Waals surface area contributed by atoms with Crippen LogP contribution in [-0.2, 0) is 20.9 Å². The Balaban J connectivity index is 1.55. The van der Waals surface area contributed by atoms with Gasteiger partial charge >= 0.3 is 5.97 Å². The normalized spacial score (nSPS) is 10.8. The van der Waals surface area contributed by atoms with E-state index in [0.29, 0.717) is 21.6 Å². The van der Waals surface area contributed by atoms with Gasteiger partial charge in [-0.25, -0.2) is 4.98 Å². The molecule has 1 N–H and O–H groups in total. The molecule has 1 amide bonds. The highest BCUT2D eigenvalue weighted by Crippen LogP contribution is 2.27. The Morgan fingerprint density at radius 3 is 2.73 bits per heavy atom. The van der Waals surface area contributed by atoms with Crippen LogP contribution in [0, 0.1) is 13.8 Å². The van der Waals surface area contributed by atoms with Crippen LogP contribution in [0.3, 0.4) is 0 Å².